The first-order valence-electron chi connectivity index (χ1n) is 11.5. The molecule has 0 unspecified atom stereocenters. The Morgan fingerprint density at radius 2 is 1.64 bits per heavy atom. The Balaban J connectivity index is 2.20. The molecule has 1 atom stereocenters. The molecule has 0 aliphatic carbocycles. The molecule has 1 heterocycles. The van der Waals surface area contributed by atoms with Crippen molar-refractivity contribution in [1.29, 1.82) is 0 Å². The molecule has 0 bridgehead atoms. The Kier molecular flexibility index (Phi) is 10.4. The highest BCUT2D eigenvalue weighted by molar-refractivity contribution is 6.52. The van der Waals surface area contributed by atoms with Gasteiger partial charge in [-0.2, -0.15) is 0 Å². The molecule has 2 rings (SSSR count). The number of hydrogen-bond acceptors (Lipinski definition) is 7. The van der Waals surface area contributed by atoms with Gasteiger partial charge in [0.25, 0.3) is 0 Å². The van der Waals surface area contributed by atoms with Crippen LogP contribution in [0.25, 0.3) is 0 Å². The van der Waals surface area contributed by atoms with E-state index in [2.05, 4.69) is 10.6 Å². The molecule has 36 heavy (non-hydrogen) atoms. The van der Waals surface area contributed by atoms with Crippen LogP contribution in [0.2, 0.25) is 10.0 Å². The van der Waals surface area contributed by atoms with Gasteiger partial charge in [0.15, 0.2) is 5.60 Å². The lowest BCUT2D eigenvalue weighted by Crippen LogP contribution is -2.51. The summed E-state index contributed by atoms with van der Waals surface area (Å²) >= 11 is 12.1. The summed E-state index contributed by atoms with van der Waals surface area (Å²) < 4.78 is 11.5. The maximum absolute atomic E-state index is 13.0. The highest BCUT2D eigenvalue weighted by Crippen LogP contribution is 2.33. The molecule has 10 nitrogen and oxygen atoms in total. The number of nitrogens with zero attached hydrogens (tertiary/aromatic N) is 2. The molecular weight excluding hydrogens is 510 g/mol. The summed E-state index contributed by atoms with van der Waals surface area (Å²) in [7, 11) is 5.00. The van der Waals surface area contributed by atoms with E-state index in [1.54, 1.807) is 46.4 Å². The van der Waals surface area contributed by atoms with Gasteiger partial charge >= 0.3 is 13.1 Å². The summed E-state index contributed by atoms with van der Waals surface area (Å²) in [5, 5.41) is 6.63. The van der Waals surface area contributed by atoms with Crippen molar-refractivity contribution in [2.24, 2.45) is 5.92 Å². The van der Waals surface area contributed by atoms with Crippen molar-refractivity contribution in [2.75, 3.05) is 40.1 Å². The minimum atomic E-state index is -1.79. The molecule has 1 fully saturated rings. The van der Waals surface area contributed by atoms with E-state index in [1.807, 2.05) is 13.8 Å². The third-order valence-corrected chi connectivity index (χ3v) is 6.14. The number of carbonyl (C=O) groups excluding carboxylic acids is 4. The molecule has 3 amide bonds. The third-order valence-electron chi connectivity index (χ3n) is 5.58. The molecule has 198 valence electrons. The van der Waals surface area contributed by atoms with Crippen LogP contribution in [-0.4, -0.2) is 86.9 Å². The summed E-state index contributed by atoms with van der Waals surface area (Å²) in [4.78, 5) is 53.5. The average molecular weight is 543 g/mol. The van der Waals surface area contributed by atoms with Crippen LogP contribution in [0.4, 0.5) is 5.69 Å². The minimum Gasteiger partial charge on any atom is -0.506 e. The van der Waals surface area contributed by atoms with Gasteiger partial charge in [-0.3, -0.25) is 19.2 Å². The Morgan fingerprint density at radius 3 is 2.17 bits per heavy atom. The number of amides is 3. The van der Waals surface area contributed by atoms with Crippen molar-refractivity contribution in [3.63, 3.8) is 0 Å². The van der Waals surface area contributed by atoms with E-state index in [1.165, 1.54) is 9.80 Å². The number of halogens is 2. The predicted octanol–water partition coefficient (Wildman–Crippen LogP) is 2.23. The predicted molar refractivity (Wildman–Crippen MR) is 139 cm³/mol. The zero-order valence-corrected chi connectivity index (χ0v) is 22.9. The lowest BCUT2D eigenvalue weighted by atomic mass is 9.74. The normalized spacial score (nSPS) is 15.4. The van der Waals surface area contributed by atoms with Crippen LogP contribution in [0.5, 0.6) is 0 Å². The largest absolute Gasteiger partial charge is 0.552 e. The van der Waals surface area contributed by atoms with E-state index in [0.29, 0.717) is 22.2 Å². The van der Waals surface area contributed by atoms with Gasteiger partial charge in [-0.1, -0.05) is 37.0 Å². The first-order valence-corrected chi connectivity index (χ1v) is 12.3. The number of anilines is 1. The van der Waals surface area contributed by atoms with Crippen LogP contribution in [0.15, 0.2) is 18.2 Å². The van der Waals surface area contributed by atoms with Gasteiger partial charge in [0.05, 0.1) is 36.0 Å². The Labute approximate surface area is 222 Å². The maximum Gasteiger partial charge on any atom is 0.552 e. The molecular formula is C23H33BCl2N4O6. The lowest BCUT2D eigenvalue weighted by molar-refractivity contribution is -0.153. The summed E-state index contributed by atoms with van der Waals surface area (Å²) in [5.74, 6) is -2.62. The molecule has 0 radical (unpaired) electrons. The van der Waals surface area contributed by atoms with Gasteiger partial charge < -0.3 is 29.7 Å². The van der Waals surface area contributed by atoms with Crippen LogP contribution in [-0.2, 0) is 28.5 Å². The number of benzene rings is 1. The number of nitrogens with one attached hydrogen (secondary N) is 2. The van der Waals surface area contributed by atoms with Gasteiger partial charge in [-0.15, -0.1) is 0 Å². The Bertz CT molecular complexity index is 969. The van der Waals surface area contributed by atoms with Crippen molar-refractivity contribution in [3.05, 3.63) is 28.2 Å². The molecule has 0 aromatic heterocycles. The molecule has 0 saturated carbocycles. The fourth-order valence-corrected chi connectivity index (χ4v) is 3.94. The Hall–Kier alpha value is -2.50. The SMILES string of the molecule is CC(C)C[C@H](NC(=O)CNc1cc(Cl)ccc1Cl)B1OC(=O)C(CC(=O)N(C)C)(CC(=O)N(C)C)O1. The fourth-order valence-electron chi connectivity index (χ4n) is 3.58. The standard InChI is InChI=1S/C23H33BCl2N4O6/c1-14(2)9-18(28-19(31)13-27-17-10-15(25)7-8-16(17)26)24-35-22(34)23(36-24,11-20(32)29(3)4)12-21(33)30(5)6/h7-8,10,14,18,27H,9,11-13H2,1-6H3,(H,28,31)/t18-/m0/s1. The Morgan fingerprint density at radius 1 is 1.06 bits per heavy atom. The van der Waals surface area contributed by atoms with Gasteiger partial charge in [-0.25, -0.2) is 0 Å². The smallest absolute Gasteiger partial charge is 0.506 e. The van der Waals surface area contributed by atoms with Crippen molar-refractivity contribution in [3.8, 4) is 0 Å². The molecule has 1 aromatic rings. The van der Waals surface area contributed by atoms with E-state index in [-0.39, 0.29) is 25.3 Å². The lowest BCUT2D eigenvalue weighted by Gasteiger charge is -2.28. The van der Waals surface area contributed by atoms with Gasteiger partial charge in [0.2, 0.25) is 17.7 Å². The first kappa shape index (κ1) is 29.7. The molecule has 0 spiro atoms. The zero-order chi connectivity index (χ0) is 27.2. The quantitative estimate of drug-likeness (QED) is 0.412. The molecule has 2 N–H and O–H groups in total. The van der Waals surface area contributed by atoms with Gasteiger partial charge in [0, 0.05) is 33.2 Å². The molecule has 1 aromatic carbocycles. The number of rotatable bonds is 11. The minimum absolute atomic E-state index is 0.106. The molecule has 1 aliphatic rings. The highest BCUT2D eigenvalue weighted by atomic mass is 35.5. The molecule has 13 heteroatoms. The van der Waals surface area contributed by atoms with E-state index >= 15 is 0 Å². The van der Waals surface area contributed by atoms with Crippen molar-refractivity contribution in [1.82, 2.24) is 15.1 Å². The second-order valence-electron chi connectivity index (χ2n) is 9.60. The maximum atomic E-state index is 13.0. The second kappa shape index (κ2) is 12.6. The van der Waals surface area contributed by atoms with E-state index in [4.69, 9.17) is 32.5 Å². The average Bonchev–Trinajstić information content (AvgIpc) is 3.09. The van der Waals surface area contributed by atoms with E-state index in [0.717, 1.165) is 0 Å². The van der Waals surface area contributed by atoms with Gasteiger partial charge in [-0.05, 0) is 30.5 Å². The van der Waals surface area contributed by atoms with Crippen LogP contribution in [0.1, 0.15) is 33.1 Å². The van der Waals surface area contributed by atoms with E-state index < -0.39 is 42.4 Å². The number of hydrogen-bond donors (Lipinski definition) is 2. The summed E-state index contributed by atoms with van der Waals surface area (Å²) in [6.07, 6.45) is -0.320. The third kappa shape index (κ3) is 8.01. The second-order valence-corrected chi connectivity index (χ2v) is 10.4. The topological polar surface area (TPSA) is 117 Å². The summed E-state index contributed by atoms with van der Waals surface area (Å²) in [5.41, 5.74) is -1.30. The number of carbonyl (C=O) groups is 4. The van der Waals surface area contributed by atoms with Crippen molar-refractivity contribution < 1.29 is 28.5 Å². The van der Waals surface area contributed by atoms with Crippen LogP contribution in [0, 0.1) is 5.92 Å². The zero-order valence-electron chi connectivity index (χ0n) is 21.4. The van der Waals surface area contributed by atoms with Crippen LogP contribution >= 0.6 is 23.2 Å². The van der Waals surface area contributed by atoms with E-state index in [9.17, 15) is 19.2 Å². The van der Waals surface area contributed by atoms with Crippen LogP contribution in [0.3, 0.4) is 0 Å². The van der Waals surface area contributed by atoms with Crippen LogP contribution < -0.4 is 10.6 Å². The molecule has 1 aliphatic heterocycles. The van der Waals surface area contributed by atoms with Crippen molar-refractivity contribution >= 4 is 59.7 Å². The summed E-state index contributed by atoms with van der Waals surface area (Å²) in [6.45, 7) is 3.76. The monoisotopic (exact) mass is 542 g/mol. The molecule has 1 saturated heterocycles. The highest BCUT2D eigenvalue weighted by Gasteiger charge is 2.57. The fraction of sp³-hybridized carbons (Fsp3) is 0.565. The summed E-state index contributed by atoms with van der Waals surface area (Å²) in [6, 6.07) is 4.84. The first-order chi connectivity index (χ1) is 16.7. The van der Waals surface area contributed by atoms with Crippen molar-refractivity contribution in [2.45, 2.75) is 44.7 Å². The van der Waals surface area contributed by atoms with Gasteiger partial charge in [0.1, 0.15) is 0 Å².